The third kappa shape index (κ3) is 2.21. The van der Waals surface area contributed by atoms with E-state index < -0.39 is 0 Å². The second-order valence-corrected chi connectivity index (χ2v) is 5.98. The smallest absolute Gasteiger partial charge is 0.124 e. The van der Waals surface area contributed by atoms with E-state index in [0.717, 1.165) is 36.3 Å². The lowest BCUT2D eigenvalue weighted by Crippen LogP contribution is -2.43. The van der Waals surface area contributed by atoms with Gasteiger partial charge in [0.2, 0.25) is 0 Å². The fraction of sp³-hybridized carbons (Fsp3) is 0.571. The van der Waals surface area contributed by atoms with Crippen LogP contribution in [0.5, 0.6) is 0 Å². The zero-order valence-corrected chi connectivity index (χ0v) is 11.3. The molecule has 1 aromatic rings. The number of nitrogens with zero attached hydrogens (tertiary/aromatic N) is 2. The average molecular weight is 261 g/mol. The van der Waals surface area contributed by atoms with Crippen LogP contribution < -0.4 is 10.6 Å². The van der Waals surface area contributed by atoms with Crippen molar-refractivity contribution in [2.45, 2.75) is 25.7 Å². The first kappa shape index (κ1) is 11.9. The molecular formula is C14H19N3S. The number of hydrogen-bond acceptors (Lipinski definition) is 3. The Morgan fingerprint density at radius 1 is 1.33 bits per heavy atom. The molecule has 4 heteroatoms. The molecule has 3 nitrogen and oxygen atoms in total. The van der Waals surface area contributed by atoms with Gasteiger partial charge in [0, 0.05) is 19.3 Å². The minimum absolute atomic E-state index is 0.404. The summed E-state index contributed by atoms with van der Waals surface area (Å²) in [4.78, 5) is 7.19. The zero-order valence-electron chi connectivity index (χ0n) is 10.5. The molecule has 1 saturated heterocycles. The Labute approximate surface area is 113 Å². The van der Waals surface area contributed by atoms with Gasteiger partial charge in [0.25, 0.3) is 0 Å². The molecular weight excluding hydrogens is 242 g/mol. The van der Waals surface area contributed by atoms with E-state index in [4.69, 9.17) is 18.0 Å². The van der Waals surface area contributed by atoms with Crippen molar-refractivity contribution in [1.82, 2.24) is 4.98 Å². The van der Waals surface area contributed by atoms with E-state index in [2.05, 4.69) is 16.0 Å². The fourth-order valence-corrected chi connectivity index (χ4v) is 3.63. The van der Waals surface area contributed by atoms with Crippen LogP contribution in [0, 0.1) is 11.8 Å². The van der Waals surface area contributed by atoms with Gasteiger partial charge in [-0.05, 0) is 43.2 Å². The summed E-state index contributed by atoms with van der Waals surface area (Å²) in [6, 6.07) is 4.07. The highest BCUT2D eigenvalue weighted by Gasteiger charge is 2.31. The highest BCUT2D eigenvalue weighted by molar-refractivity contribution is 7.80. The third-order valence-corrected chi connectivity index (χ3v) is 4.40. The van der Waals surface area contributed by atoms with E-state index in [9.17, 15) is 0 Å². The molecule has 2 aliphatic rings. The number of aromatic nitrogens is 1. The molecule has 2 heterocycles. The van der Waals surface area contributed by atoms with Crippen molar-refractivity contribution in [3.05, 3.63) is 24.0 Å². The van der Waals surface area contributed by atoms with Crippen LogP contribution in [0.1, 0.15) is 31.4 Å². The molecule has 2 N–H and O–H groups in total. The topological polar surface area (TPSA) is 42.1 Å². The highest BCUT2D eigenvalue weighted by Crippen LogP contribution is 2.36. The van der Waals surface area contributed by atoms with Crippen LogP contribution in [0.2, 0.25) is 0 Å². The van der Waals surface area contributed by atoms with Gasteiger partial charge in [-0.15, -0.1) is 0 Å². The van der Waals surface area contributed by atoms with Crippen molar-refractivity contribution in [1.29, 1.82) is 0 Å². The van der Waals surface area contributed by atoms with E-state index in [0.29, 0.717) is 4.99 Å². The van der Waals surface area contributed by atoms with Gasteiger partial charge in [-0.1, -0.05) is 18.6 Å². The quantitative estimate of drug-likeness (QED) is 0.830. The monoisotopic (exact) mass is 261 g/mol. The van der Waals surface area contributed by atoms with E-state index in [1.807, 2.05) is 6.07 Å². The Bertz CT molecular complexity index is 448. The number of piperidine rings is 1. The number of fused-ring (bicyclic) bond motifs is 2. The molecule has 96 valence electrons. The Kier molecular flexibility index (Phi) is 3.20. The summed E-state index contributed by atoms with van der Waals surface area (Å²) in [6.45, 7) is 2.27. The number of pyridine rings is 1. The maximum absolute atomic E-state index is 5.78. The molecule has 18 heavy (non-hydrogen) atoms. The standard InChI is InChI=1S/C14H19N3S/c15-14(18)13-12(5-2-6-16-13)17-8-10-3-1-4-11(7-10)9-17/h2,5-6,10-11H,1,3-4,7-9H2,(H2,15,18). The number of anilines is 1. The molecule has 1 aliphatic carbocycles. The summed E-state index contributed by atoms with van der Waals surface area (Å²) in [6.07, 6.45) is 7.31. The summed E-state index contributed by atoms with van der Waals surface area (Å²) >= 11 is 5.11. The van der Waals surface area contributed by atoms with Crippen LogP contribution in [-0.2, 0) is 0 Å². The molecule has 0 aromatic carbocycles. The molecule has 2 unspecified atom stereocenters. The van der Waals surface area contributed by atoms with Crippen LogP contribution in [-0.4, -0.2) is 23.1 Å². The number of rotatable bonds is 2. The largest absolute Gasteiger partial charge is 0.388 e. The molecule has 0 radical (unpaired) electrons. The average Bonchev–Trinajstić information content (AvgIpc) is 2.38. The van der Waals surface area contributed by atoms with Crippen LogP contribution in [0.15, 0.2) is 18.3 Å². The molecule has 0 spiro atoms. The second-order valence-electron chi connectivity index (χ2n) is 5.54. The number of thiocarbonyl (C=S) groups is 1. The summed E-state index contributed by atoms with van der Waals surface area (Å²) in [5, 5.41) is 0. The summed E-state index contributed by atoms with van der Waals surface area (Å²) < 4.78 is 0. The predicted molar refractivity (Wildman–Crippen MR) is 77.8 cm³/mol. The maximum atomic E-state index is 5.78. The molecule has 0 amide bonds. The minimum Gasteiger partial charge on any atom is -0.388 e. The van der Waals surface area contributed by atoms with Gasteiger partial charge in [-0.3, -0.25) is 4.98 Å². The van der Waals surface area contributed by atoms with Crippen LogP contribution in [0.4, 0.5) is 5.69 Å². The minimum atomic E-state index is 0.404. The number of hydrogen-bond donors (Lipinski definition) is 1. The summed E-state index contributed by atoms with van der Waals surface area (Å²) in [7, 11) is 0. The predicted octanol–water partition coefficient (Wildman–Crippen LogP) is 2.34. The van der Waals surface area contributed by atoms with Crippen molar-refractivity contribution in [3.63, 3.8) is 0 Å². The summed E-state index contributed by atoms with van der Waals surface area (Å²) in [5.41, 5.74) is 7.69. The van der Waals surface area contributed by atoms with Crippen LogP contribution in [0.3, 0.4) is 0 Å². The van der Waals surface area contributed by atoms with Crippen LogP contribution in [0.25, 0.3) is 0 Å². The highest BCUT2D eigenvalue weighted by atomic mass is 32.1. The molecule has 2 atom stereocenters. The van der Waals surface area contributed by atoms with Crippen molar-refractivity contribution < 1.29 is 0 Å². The molecule has 2 bridgehead atoms. The van der Waals surface area contributed by atoms with Crippen molar-refractivity contribution in [3.8, 4) is 0 Å². The molecule has 1 saturated carbocycles. The van der Waals surface area contributed by atoms with Crippen molar-refractivity contribution in [2.75, 3.05) is 18.0 Å². The first-order valence-corrected chi connectivity index (χ1v) is 7.14. The van der Waals surface area contributed by atoms with E-state index in [-0.39, 0.29) is 0 Å². The summed E-state index contributed by atoms with van der Waals surface area (Å²) in [5.74, 6) is 1.69. The third-order valence-electron chi connectivity index (χ3n) is 4.21. The maximum Gasteiger partial charge on any atom is 0.124 e. The first-order valence-electron chi connectivity index (χ1n) is 6.74. The zero-order chi connectivity index (χ0) is 12.5. The van der Waals surface area contributed by atoms with Gasteiger partial charge in [0.1, 0.15) is 10.7 Å². The van der Waals surface area contributed by atoms with Gasteiger partial charge in [-0.25, -0.2) is 0 Å². The Morgan fingerprint density at radius 3 is 2.72 bits per heavy atom. The van der Waals surface area contributed by atoms with Gasteiger partial charge in [-0.2, -0.15) is 0 Å². The lowest BCUT2D eigenvalue weighted by atomic mass is 9.78. The van der Waals surface area contributed by atoms with Crippen molar-refractivity contribution >= 4 is 22.9 Å². The Hall–Kier alpha value is -1.16. The fourth-order valence-electron chi connectivity index (χ4n) is 3.47. The van der Waals surface area contributed by atoms with Gasteiger partial charge in [0.05, 0.1) is 5.69 Å². The van der Waals surface area contributed by atoms with Gasteiger partial charge in [0.15, 0.2) is 0 Å². The lowest BCUT2D eigenvalue weighted by molar-refractivity contribution is 0.231. The second kappa shape index (κ2) is 4.84. The van der Waals surface area contributed by atoms with E-state index in [1.165, 1.54) is 25.7 Å². The Balaban J connectivity index is 1.88. The number of nitrogens with two attached hydrogens (primary N) is 1. The molecule has 2 fully saturated rings. The SMILES string of the molecule is NC(=S)c1ncccc1N1CC2CCCC(C2)C1. The first-order chi connectivity index (χ1) is 8.74. The van der Waals surface area contributed by atoms with Gasteiger partial charge >= 0.3 is 0 Å². The Morgan fingerprint density at radius 2 is 2.06 bits per heavy atom. The van der Waals surface area contributed by atoms with E-state index in [1.54, 1.807) is 6.20 Å². The lowest BCUT2D eigenvalue weighted by Gasteiger charge is -2.42. The van der Waals surface area contributed by atoms with Gasteiger partial charge < -0.3 is 10.6 Å². The molecule has 1 aliphatic heterocycles. The van der Waals surface area contributed by atoms with E-state index >= 15 is 0 Å². The normalized spacial score (nSPS) is 27.0. The van der Waals surface area contributed by atoms with Crippen molar-refractivity contribution in [2.24, 2.45) is 17.6 Å². The molecule has 3 rings (SSSR count). The van der Waals surface area contributed by atoms with Crippen LogP contribution >= 0.6 is 12.2 Å². The molecule has 1 aromatic heterocycles.